The van der Waals surface area contributed by atoms with Crippen LogP contribution in [0.25, 0.3) is 0 Å². The molecule has 1 atom stereocenters. The van der Waals surface area contributed by atoms with Gasteiger partial charge in [0.05, 0.1) is 17.2 Å². The largest absolute Gasteiger partial charge is 0.355 e. The van der Waals surface area contributed by atoms with Crippen LogP contribution in [0.2, 0.25) is 0 Å². The highest BCUT2D eigenvalue weighted by atomic mass is 32.2. The lowest BCUT2D eigenvalue weighted by Gasteiger charge is -2.06. The van der Waals surface area contributed by atoms with E-state index in [1.165, 1.54) is 0 Å². The molecule has 1 N–H and O–H groups in total. The first kappa shape index (κ1) is 15.4. The van der Waals surface area contributed by atoms with Crippen molar-refractivity contribution in [3.8, 4) is 0 Å². The molecule has 0 heterocycles. The smallest absolute Gasteiger partial charge is 0.224 e. The minimum absolute atomic E-state index is 0.0364. The van der Waals surface area contributed by atoms with Crippen molar-refractivity contribution in [1.29, 1.82) is 0 Å². The van der Waals surface area contributed by atoms with Gasteiger partial charge in [0, 0.05) is 17.2 Å². The fourth-order valence-corrected chi connectivity index (χ4v) is 3.03. The molecular formula is C17H19NO2S. The van der Waals surface area contributed by atoms with E-state index < -0.39 is 10.8 Å². The number of amides is 1. The summed E-state index contributed by atoms with van der Waals surface area (Å²) in [5.41, 5.74) is 2.14. The molecule has 0 aromatic heterocycles. The van der Waals surface area contributed by atoms with Gasteiger partial charge in [0.1, 0.15) is 0 Å². The number of aryl methyl sites for hydroxylation is 1. The highest BCUT2D eigenvalue weighted by Gasteiger charge is 2.06. The van der Waals surface area contributed by atoms with Crippen LogP contribution in [0.5, 0.6) is 0 Å². The zero-order valence-electron chi connectivity index (χ0n) is 12.0. The lowest BCUT2D eigenvalue weighted by molar-refractivity contribution is -0.120. The van der Waals surface area contributed by atoms with Crippen LogP contribution in [0.1, 0.15) is 11.1 Å². The number of hydrogen-bond donors (Lipinski definition) is 1. The van der Waals surface area contributed by atoms with E-state index in [2.05, 4.69) is 5.32 Å². The Labute approximate surface area is 127 Å². The van der Waals surface area contributed by atoms with E-state index in [9.17, 15) is 9.00 Å². The topological polar surface area (TPSA) is 46.2 Å². The van der Waals surface area contributed by atoms with Gasteiger partial charge in [-0.05, 0) is 24.6 Å². The van der Waals surface area contributed by atoms with Crippen molar-refractivity contribution < 1.29 is 9.00 Å². The minimum atomic E-state index is -1.06. The summed E-state index contributed by atoms with van der Waals surface area (Å²) in [7, 11) is -1.06. The molecule has 3 nitrogen and oxygen atoms in total. The van der Waals surface area contributed by atoms with Crippen LogP contribution in [0.3, 0.4) is 0 Å². The molecule has 0 aliphatic carbocycles. The lowest BCUT2D eigenvalue weighted by atomic mass is 10.1. The fraction of sp³-hybridized carbons (Fsp3) is 0.235. The van der Waals surface area contributed by atoms with Gasteiger partial charge < -0.3 is 5.32 Å². The van der Waals surface area contributed by atoms with E-state index in [1.807, 2.05) is 61.5 Å². The first-order chi connectivity index (χ1) is 10.1. The van der Waals surface area contributed by atoms with Crippen molar-refractivity contribution in [1.82, 2.24) is 5.32 Å². The molecule has 0 aliphatic heterocycles. The standard InChI is InChI=1S/C17H19NO2S/c1-14-6-5-7-15(12-14)13-17(19)18-10-11-21(20)16-8-3-2-4-9-16/h2-9,12H,10-11,13H2,1H3,(H,18,19). The zero-order chi connectivity index (χ0) is 15.1. The number of benzene rings is 2. The van der Waals surface area contributed by atoms with Gasteiger partial charge in [-0.2, -0.15) is 0 Å². The van der Waals surface area contributed by atoms with Crippen molar-refractivity contribution in [2.75, 3.05) is 12.3 Å². The summed E-state index contributed by atoms with van der Waals surface area (Å²) < 4.78 is 12.0. The Balaban J connectivity index is 1.76. The van der Waals surface area contributed by atoms with Crippen LogP contribution < -0.4 is 5.32 Å². The monoisotopic (exact) mass is 301 g/mol. The quantitative estimate of drug-likeness (QED) is 0.891. The Morgan fingerprint density at radius 3 is 2.57 bits per heavy atom. The Morgan fingerprint density at radius 2 is 1.86 bits per heavy atom. The molecule has 2 aromatic carbocycles. The molecule has 21 heavy (non-hydrogen) atoms. The third kappa shape index (κ3) is 5.16. The third-order valence-electron chi connectivity index (χ3n) is 3.06. The van der Waals surface area contributed by atoms with Crippen LogP contribution in [0.4, 0.5) is 0 Å². The summed E-state index contributed by atoms with van der Waals surface area (Å²) in [5, 5.41) is 2.82. The van der Waals surface area contributed by atoms with Crippen LogP contribution in [0.15, 0.2) is 59.5 Å². The fourth-order valence-electron chi connectivity index (χ4n) is 2.04. The summed E-state index contributed by atoms with van der Waals surface area (Å²) in [5.74, 6) is 0.398. The van der Waals surface area contributed by atoms with Crippen molar-refractivity contribution >= 4 is 16.7 Å². The van der Waals surface area contributed by atoms with Crippen molar-refractivity contribution in [3.05, 3.63) is 65.7 Å². The number of nitrogens with one attached hydrogen (secondary N) is 1. The number of carbonyl (C=O) groups is 1. The molecule has 0 bridgehead atoms. The van der Waals surface area contributed by atoms with Crippen molar-refractivity contribution in [3.63, 3.8) is 0 Å². The normalized spacial score (nSPS) is 11.9. The molecule has 0 saturated carbocycles. The summed E-state index contributed by atoms with van der Waals surface area (Å²) >= 11 is 0. The molecule has 0 spiro atoms. The van der Waals surface area contributed by atoms with Crippen LogP contribution in [-0.2, 0) is 22.0 Å². The maximum Gasteiger partial charge on any atom is 0.224 e. The van der Waals surface area contributed by atoms with Gasteiger partial charge in [-0.15, -0.1) is 0 Å². The molecule has 1 amide bonds. The predicted molar refractivity (Wildman–Crippen MR) is 85.6 cm³/mol. The van der Waals surface area contributed by atoms with Gasteiger partial charge in [0.25, 0.3) is 0 Å². The molecule has 4 heteroatoms. The van der Waals surface area contributed by atoms with Crippen LogP contribution in [-0.4, -0.2) is 22.4 Å². The summed E-state index contributed by atoms with van der Waals surface area (Å²) in [4.78, 5) is 12.6. The second-order valence-electron chi connectivity index (χ2n) is 4.88. The molecule has 0 aliphatic rings. The zero-order valence-corrected chi connectivity index (χ0v) is 12.9. The predicted octanol–water partition coefficient (Wildman–Crippen LogP) is 2.46. The molecule has 0 fully saturated rings. The Hall–Kier alpha value is -1.94. The third-order valence-corrected chi connectivity index (χ3v) is 4.44. The van der Waals surface area contributed by atoms with Crippen LogP contribution >= 0.6 is 0 Å². The molecule has 2 aromatic rings. The first-order valence-corrected chi connectivity index (χ1v) is 8.23. The number of hydrogen-bond acceptors (Lipinski definition) is 2. The minimum Gasteiger partial charge on any atom is -0.355 e. The Morgan fingerprint density at radius 1 is 1.10 bits per heavy atom. The second kappa shape index (κ2) is 7.74. The van der Waals surface area contributed by atoms with Gasteiger partial charge in [0.15, 0.2) is 0 Å². The molecule has 0 radical (unpaired) electrons. The maximum absolute atomic E-state index is 12.0. The second-order valence-corrected chi connectivity index (χ2v) is 6.45. The summed E-state index contributed by atoms with van der Waals surface area (Å²) in [6, 6.07) is 17.2. The molecule has 0 saturated heterocycles. The van der Waals surface area contributed by atoms with Gasteiger partial charge >= 0.3 is 0 Å². The molecule has 2 rings (SSSR count). The number of carbonyl (C=O) groups excluding carboxylic acids is 1. The van der Waals surface area contributed by atoms with E-state index >= 15 is 0 Å². The highest BCUT2D eigenvalue weighted by Crippen LogP contribution is 2.06. The SMILES string of the molecule is Cc1cccc(CC(=O)NCCS(=O)c2ccccc2)c1. The van der Waals surface area contributed by atoms with Gasteiger partial charge in [-0.25, -0.2) is 0 Å². The average Bonchev–Trinajstić information content (AvgIpc) is 2.48. The first-order valence-electron chi connectivity index (χ1n) is 6.91. The Kier molecular flexibility index (Phi) is 5.69. The lowest BCUT2D eigenvalue weighted by Crippen LogP contribution is -2.29. The average molecular weight is 301 g/mol. The van der Waals surface area contributed by atoms with Crippen molar-refractivity contribution in [2.45, 2.75) is 18.2 Å². The highest BCUT2D eigenvalue weighted by molar-refractivity contribution is 7.85. The summed E-state index contributed by atoms with van der Waals surface area (Å²) in [6.07, 6.45) is 0.361. The van der Waals surface area contributed by atoms with E-state index in [0.717, 1.165) is 16.0 Å². The van der Waals surface area contributed by atoms with Crippen molar-refractivity contribution in [2.24, 2.45) is 0 Å². The molecular weight excluding hydrogens is 282 g/mol. The van der Waals surface area contributed by atoms with Crippen LogP contribution in [0, 0.1) is 6.92 Å². The molecule has 110 valence electrons. The summed E-state index contributed by atoms with van der Waals surface area (Å²) in [6.45, 7) is 2.43. The number of rotatable bonds is 6. The van der Waals surface area contributed by atoms with Gasteiger partial charge in [-0.3, -0.25) is 9.00 Å². The van der Waals surface area contributed by atoms with E-state index in [4.69, 9.17) is 0 Å². The van der Waals surface area contributed by atoms with Gasteiger partial charge in [0.2, 0.25) is 5.91 Å². The van der Waals surface area contributed by atoms with Gasteiger partial charge in [-0.1, -0.05) is 48.0 Å². The molecule has 1 unspecified atom stereocenters. The van der Waals surface area contributed by atoms with E-state index in [-0.39, 0.29) is 5.91 Å². The Bertz CT molecular complexity index is 626. The van der Waals surface area contributed by atoms with E-state index in [1.54, 1.807) is 0 Å². The maximum atomic E-state index is 12.0. The van der Waals surface area contributed by atoms with E-state index in [0.29, 0.717) is 18.7 Å².